The van der Waals surface area contributed by atoms with Crippen LogP contribution in [0.5, 0.6) is 0 Å². The van der Waals surface area contributed by atoms with Gasteiger partial charge in [0.2, 0.25) is 5.91 Å². The van der Waals surface area contributed by atoms with Gasteiger partial charge in [-0.1, -0.05) is 47.6 Å². The maximum atomic E-state index is 13.2. The van der Waals surface area contributed by atoms with E-state index < -0.39 is 0 Å². The highest BCUT2D eigenvalue weighted by atomic mass is 35.5. The lowest BCUT2D eigenvalue weighted by Crippen LogP contribution is -2.23. The van der Waals surface area contributed by atoms with E-state index in [1.165, 1.54) is 21.9 Å². The number of aryl methyl sites for hydroxylation is 2. The first-order chi connectivity index (χ1) is 14.9. The van der Waals surface area contributed by atoms with Crippen LogP contribution in [-0.4, -0.2) is 21.2 Å². The molecule has 0 saturated heterocycles. The van der Waals surface area contributed by atoms with Gasteiger partial charge < -0.3 is 5.32 Å². The fourth-order valence-electron chi connectivity index (χ4n) is 3.20. The van der Waals surface area contributed by atoms with Crippen molar-refractivity contribution in [1.29, 1.82) is 0 Å². The molecule has 4 rings (SSSR count). The van der Waals surface area contributed by atoms with Crippen molar-refractivity contribution in [2.75, 3.05) is 11.1 Å². The smallest absolute Gasteiger partial charge is 0.266 e. The normalized spacial score (nSPS) is 10.9. The Kier molecular flexibility index (Phi) is 6.11. The van der Waals surface area contributed by atoms with Crippen molar-refractivity contribution < 1.29 is 4.79 Å². The molecule has 0 atom stereocenters. The number of halogens is 1. The Morgan fingerprint density at radius 1 is 1.03 bits per heavy atom. The van der Waals surface area contributed by atoms with Crippen LogP contribution in [0.25, 0.3) is 16.6 Å². The summed E-state index contributed by atoms with van der Waals surface area (Å²) in [4.78, 5) is 30.4. The highest BCUT2D eigenvalue weighted by Crippen LogP contribution is 2.23. The van der Waals surface area contributed by atoms with Crippen LogP contribution < -0.4 is 10.9 Å². The predicted molar refractivity (Wildman–Crippen MR) is 128 cm³/mol. The second-order valence-electron chi connectivity index (χ2n) is 7.17. The van der Waals surface area contributed by atoms with E-state index in [2.05, 4.69) is 10.3 Å². The Hall–Kier alpha value is -3.09. The van der Waals surface area contributed by atoms with Gasteiger partial charge in [0, 0.05) is 10.7 Å². The zero-order valence-electron chi connectivity index (χ0n) is 17.1. The Bertz CT molecular complexity index is 1350. The monoisotopic (exact) mass is 449 g/mol. The van der Waals surface area contributed by atoms with Crippen LogP contribution >= 0.6 is 23.4 Å². The summed E-state index contributed by atoms with van der Waals surface area (Å²) in [5, 5.41) is 4.36. The number of rotatable bonds is 5. The first-order valence-electron chi connectivity index (χ1n) is 9.70. The molecule has 0 radical (unpaired) electrons. The van der Waals surface area contributed by atoms with Crippen molar-refractivity contribution in [3.05, 3.63) is 93.2 Å². The number of benzene rings is 3. The maximum absolute atomic E-state index is 13.2. The molecule has 1 N–H and O–H groups in total. The molecule has 0 aliphatic carbocycles. The second-order valence-corrected chi connectivity index (χ2v) is 8.55. The molecule has 0 bridgehead atoms. The van der Waals surface area contributed by atoms with Gasteiger partial charge in [-0.15, -0.1) is 0 Å². The molecule has 0 aliphatic rings. The van der Waals surface area contributed by atoms with E-state index in [0.717, 1.165) is 11.3 Å². The molecule has 7 heteroatoms. The van der Waals surface area contributed by atoms with Gasteiger partial charge in [-0.05, 0) is 67.4 Å². The highest BCUT2D eigenvalue weighted by molar-refractivity contribution is 7.99. The molecular formula is C24H20ClN3O2S. The van der Waals surface area contributed by atoms with Crippen molar-refractivity contribution in [3.8, 4) is 5.69 Å². The summed E-state index contributed by atoms with van der Waals surface area (Å²) >= 11 is 7.36. The third-order valence-electron chi connectivity index (χ3n) is 4.93. The summed E-state index contributed by atoms with van der Waals surface area (Å²) in [6, 6.07) is 20.0. The van der Waals surface area contributed by atoms with Crippen molar-refractivity contribution in [1.82, 2.24) is 9.55 Å². The lowest BCUT2D eigenvalue weighted by molar-refractivity contribution is -0.113. The molecule has 1 amide bonds. The minimum atomic E-state index is -0.204. The average molecular weight is 450 g/mol. The van der Waals surface area contributed by atoms with Gasteiger partial charge in [-0.25, -0.2) is 4.98 Å². The summed E-state index contributed by atoms with van der Waals surface area (Å²) in [7, 11) is 0. The van der Waals surface area contributed by atoms with Gasteiger partial charge in [0.05, 0.1) is 22.3 Å². The largest absolute Gasteiger partial charge is 0.325 e. The molecule has 156 valence electrons. The molecule has 31 heavy (non-hydrogen) atoms. The Morgan fingerprint density at radius 2 is 1.84 bits per heavy atom. The molecule has 0 saturated carbocycles. The number of amides is 1. The molecular weight excluding hydrogens is 430 g/mol. The summed E-state index contributed by atoms with van der Waals surface area (Å²) in [6.07, 6.45) is 0. The molecule has 0 fully saturated rings. The molecule has 5 nitrogen and oxygen atoms in total. The second kappa shape index (κ2) is 8.96. The van der Waals surface area contributed by atoms with Crippen LogP contribution in [0.15, 0.2) is 76.7 Å². The molecule has 1 aromatic heterocycles. The van der Waals surface area contributed by atoms with E-state index >= 15 is 0 Å². The van der Waals surface area contributed by atoms with Crippen LogP contribution in [0, 0.1) is 13.8 Å². The van der Waals surface area contributed by atoms with Crippen LogP contribution in [0.2, 0.25) is 5.02 Å². The molecule has 4 aromatic rings. The Labute approximate surface area is 189 Å². The lowest BCUT2D eigenvalue weighted by Gasteiger charge is -2.13. The Balaban J connectivity index is 1.66. The number of thioether (sulfide) groups is 1. The van der Waals surface area contributed by atoms with Gasteiger partial charge in [0.15, 0.2) is 5.16 Å². The Morgan fingerprint density at radius 3 is 2.61 bits per heavy atom. The average Bonchev–Trinajstić information content (AvgIpc) is 2.75. The number of para-hydroxylation sites is 1. The molecule has 0 unspecified atom stereocenters. The van der Waals surface area contributed by atoms with Crippen molar-refractivity contribution >= 4 is 45.9 Å². The van der Waals surface area contributed by atoms with E-state index in [4.69, 9.17) is 11.6 Å². The van der Waals surface area contributed by atoms with Crippen molar-refractivity contribution in [2.24, 2.45) is 0 Å². The standard InChI is InChI=1S/C24H20ClN3O2S/c1-15-10-11-18(12-16(15)2)26-22(29)14-31-24-27-21-9-4-3-8-20(21)23(30)28(24)19-7-5-6-17(25)13-19/h3-13H,14H2,1-2H3,(H,26,29). The SMILES string of the molecule is Cc1ccc(NC(=O)CSc2nc3ccccc3c(=O)n2-c2cccc(Cl)c2)cc1C. The van der Waals surface area contributed by atoms with Crippen LogP contribution in [0.4, 0.5) is 5.69 Å². The third-order valence-corrected chi connectivity index (χ3v) is 6.11. The number of nitrogens with zero attached hydrogens (tertiary/aromatic N) is 2. The van der Waals surface area contributed by atoms with E-state index in [-0.39, 0.29) is 17.2 Å². The highest BCUT2D eigenvalue weighted by Gasteiger charge is 2.15. The van der Waals surface area contributed by atoms with Crippen molar-refractivity contribution in [2.45, 2.75) is 19.0 Å². The van der Waals surface area contributed by atoms with Gasteiger partial charge in [-0.3, -0.25) is 14.2 Å². The topological polar surface area (TPSA) is 64.0 Å². The summed E-state index contributed by atoms with van der Waals surface area (Å²) in [5.74, 6) is -0.0635. The first kappa shape index (κ1) is 21.2. The van der Waals surface area contributed by atoms with E-state index in [1.807, 2.05) is 38.1 Å². The molecule has 3 aromatic carbocycles. The van der Waals surface area contributed by atoms with Crippen LogP contribution in [0.3, 0.4) is 0 Å². The van der Waals surface area contributed by atoms with Crippen LogP contribution in [0.1, 0.15) is 11.1 Å². The van der Waals surface area contributed by atoms with Gasteiger partial charge in [0.25, 0.3) is 5.56 Å². The minimum Gasteiger partial charge on any atom is -0.325 e. The molecule has 0 spiro atoms. The number of hydrogen-bond donors (Lipinski definition) is 1. The first-order valence-corrected chi connectivity index (χ1v) is 11.1. The van der Waals surface area contributed by atoms with Gasteiger partial charge in [-0.2, -0.15) is 0 Å². The molecule has 1 heterocycles. The van der Waals surface area contributed by atoms with Gasteiger partial charge >= 0.3 is 0 Å². The number of aromatic nitrogens is 2. The third kappa shape index (κ3) is 4.65. The van der Waals surface area contributed by atoms with E-state index in [0.29, 0.717) is 26.8 Å². The lowest BCUT2D eigenvalue weighted by atomic mass is 10.1. The number of carbonyl (C=O) groups excluding carboxylic acids is 1. The number of fused-ring (bicyclic) bond motifs is 1. The fraction of sp³-hybridized carbons (Fsp3) is 0.125. The summed E-state index contributed by atoms with van der Waals surface area (Å²) in [6.45, 7) is 4.03. The zero-order chi connectivity index (χ0) is 22.0. The van der Waals surface area contributed by atoms with E-state index in [9.17, 15) is 9.59 Å². The number of nitrogens with one attached hydrogen (secondary N) is 1. The number of anilines is 1. The molecule has 0 aliphatic heterocycles. The quantitative estimate of drug-likeness (QED) is 0.328. The number of carbonyl (C=O) groups is 1. The summed E-state index contributed by atoms with van der Waals surface area (Å²) < 4.78 is 1.50. The predicted octanol–water partition coefficient (Wildman–Crippen LogP) is 5.39. The number of hydrogen-bond acceptors (Lipinski definition) is 4. The summed E-state index contributed by atoms with van der Waals surface area (Å²) in [5.41, 5.74) is 4.00. The van der Waals surface area contributed by atoms with E-state index in [1.54, 1.807) is 42.5 Å². The minimum absolute atomic E-state index is 0.109. The maximum Gasteiger partial charge on any atom is 0.266 e. The van der Waals surface area contributed by atoms with Gasteiger partial charge in [0.1, 0.15) is 0 Å². The zero-order valence-corrected chi connectivity index (χ0v) is 18.6. The fourth-order valence-corrected chi connectivity index (χ4v) is 4.20. The van der Waals surface area contributed by atoms with Crippen molar-refractivity contribution in [3.63, 3.8) is 0 Å². The van der Waals surface area contributed by atoms with Crippen LogP contribution in [-0.2, 0) is 4.79 Å².